The fraction of sp³-hybridized carbons (Fsp3) is 0.857. The molecule has 1 saturated carbocycles. The summed E-state index contributed by atoms with van der Waals surface area (Å²) in [7, 11) is 0. The van der Waals surface area contributed by atoms with Crippen LogP contribution < -0.4 is 11.3 Å². The maximum absolute atomic E-state index is 6.12. The Morgan fingerprint density at radius 3 is 2.29 bits per heavy atom. The van der Waals surface area contributed by atoms with Gasteiger partial charge in [0.15, 0.2) is 0 Å². The van der Waals surface area contributed by atoms with Gasteiger partial charge in [0.1, 0.15) is 0 Å². The molecule has 1 aliphatic rings. The van der Waals surface area contributed by atoms with Crippen molar-refractivity contribution in [2.75, 3.05) is 6.61 Å². The van der Waals surface area contributed by atoms with Crippen LogP contribution in [0.1, 0.15) is 59.3 Å². The van der Waals surface area contributed by atoms with Crippen molar-refractivity contribution in [3.05, 3.63) is 11.6 Å². The summed E-state index contributed by atoms with van der Waals surface area (Å²) in [5, 5.41) is 0. The molecule has 3 N–H and O–H groups in total. The van der Waals surface area contributed by atoms with E-state index >= 15 is 0 Å². The van der Waals surface area contributed by atoms with Crippen LogP contribution in [0.4, 0.5) is 0 Å². The lowest BCUT2D eigenvalue weighted by molar-refractivity contribution is -0.0663. The minimum atomic E-state index is -0.0999. The number of hydrogen-bond donors (Lipinski definition) is 2. The highest BCUT2D eigenvalue weighted by atomic mass is 16.5. The van der Waals surface area contributed by atoms with Crippen molar-refractivity contribution in [2.45, 2.75) is 70.9 Å². The molecule has 0 bridgehead atoms. The summed E-state index contributed by atoms with van der Waals surface area (Å²) in [6.45, 7) is 7.05. The third-order valence-electron chi connectivity index (χ3n) is 3.63. The molecule has 0 radical (unpaired) electrons. The summed E-state index contributed by atoms with van der Waals surface area (Å²) in [6.07, 6.45) is 9.56. The Morgan fingerprint density at radius 1 is 1.29 bits per heavy atom. The van der Waals surface area contributed by atoms with E-state index in [1.54, 1.807) is 0 Å². The third-order valence-corrected chi connectivity index (χ3v) is 3.63. The van der Waals surface area contributed by atoms with Gasteiger partial charge in [0.2, 0.25) is 0 Å². The van der Waals surface area contributed by atoms with Gasteiger partial charge in [-0.2, -0.15) is 0 Å². The van der Waals surface area contributed by atoms with E-state index in [1.807, 2.05) is 0 Å². The molecule has 0 aromatic carbocycles. The van der Waals surface area contributed by atoms with Crippen LogP contribution in [0.5, 0.6) is 0 Å². The number of hydrazine groups is 1. The molecule has 0 heterocycles. The van der Waals surface area contributed by atoms with Gasteiger partial charge in [-0.3, -0.25) is 11.3 Å². The Labute approximate surface area is 106 Å². The Hall–Kier alpha value is -0.380. The number of rotatable bonds is 5. The molecule has 1 unspecified atom stereocenters. The Bertz CT molecular complexity index is 239. The van der Waals surface area contributed by atoms with Crippen LogP contribution in [0.3, 0.4) is 0 Å². The van der Waals surface area contributed by atoms with Crippen LogP contribution in [0, 0.1) is 0 Å². The normalized spacial score (nSPS) is 21.6. The molecule has 3 heteroatoms. The van der Waals surface area contributed by atoms with Gasteiger partial charge in [0, 0.05) is 6.61 Å². The van der Waals surface area contributed by atoms with E-state index in [-0.39, 0.29) is 11.6 Å². The fourth-order valence-corrected chi connectivity index (χ4v) is 2.84. The van der Waals surface area contributed by atoms with Crippen molar-refractivity contribution in [3.8, 4) is 0 Å². The smallest absolute Gasteiger partial charge is 0.0883 e. The van der Waals surface area contributed by atoms with Gasteiger partial charge in [-0.05, 0) is 33.6 Å². The summed E-state index contributed by atoms with van der Waals surface area (Å²) in [5.41, 5.74) is 4.14. The lowest BCUT2D eigenvalue weighted by atomic mass is 9.85. The summed E-state index contributed by atoms with van der Waals surface area (Å²) < 4.78 is 6.12. The van der Waals surface area contributed by atoms with Crippen LogP contribution in [-0.2, 0) is 4.74 Å². The Balaban J connectivity index is 2.89. The van der Waals surface area contributed by atoms with Crippen LogP contribution in [0.2, 0.25) is 0 Å². The van der Waals surface area contributed by atoms with E-state index < -0.39 is 0 Å². The molecule has 3 nitrogen and oxygen atoms in total. The SMILES string of the molecule is CCOC1(C(C=C(C)C)NN)CCCCCC1. The second-order valence-electron chi connectivity index (χ2n) is 5.30. The highest BCUT2D eigenvalue weighted by Gasteiger charge is 2.38. The summed E-state index contributed by atoms with van der Waals surface area (Å²) in [5.74, 6) is 5.74. The minimum Gasteiger partial charge on any atom is -0.373 e. The molecule has 0 amide bonds. The molecule has 1 rings (SSSR count). The molecule has 17 heavy (non-hydrogen) atoms. The molecule has 0 aromatic rings. The van der Waals surface area contributed by atoms with Gasteiger partial charge >= 0.3 is 0 Å². The molecule has 0 saturated heterocycles. The first-order valence-electron chi connectivity index (χ1n) is 6.90. The van der Waals surface area contributed by atoms with Gasteiger partial charge in [-0.15, -0.1) is 0 Å². The lowest BCUT2D eigenvalue weighted by Gasteiger charge is -2.38. The van der Waals surface area contributed by atoms with E-state index in [9.17, 15) is 0 Å². The first kappa shape index (κ1) is 14.7. The standard InChI is InChI=1S/C14H28N2O/c1-4-17-14(9-7-5-6-8-10-14)13(16-15)11-12(2)3/h11,13,16H,4-10,15H2,1-3H3. The molecular weight excluding hydrogens is 212 g/mol. The molecule has 100 valence electrons. The number of allylic oxidation sites excluding steroid dienone is 1. The molecule has 0 aliphatic heterocycles. The maximum Gasteiger partial charge on any atom is 0.0883 e. The highest BCUT2D eigenvalue weighted by Crippen LogP contribution is 2.34. The first-order chi connectivity index (χ1) is 8.14. The molecule has 1 atom stereocenters. The second-order valence-corrected chi connectivity index (χ2v) is 5.30. The zero-order valence-electron chi connectivity index (χ0n) is 11.6. The number of nitrogens with one attached hydrogen (secondary N) is 1. The van der Waals surface area contributed by atoms with Crippen molar-refractivity contribution in [2.24, 2.45) is 5.84 Å². The van der Waals surface area contributed by atoms with E-state index in [0.29, 0.717) is 0 Å². The van der Waals surface area contributed by atoms with Crippen LogP contribution >= 0.6 is 0 Å². The third kappa shape index (κ3) is 4.09. The van der Waals surface area contributed by atoms with E-state index in [1.165, 1.54) is 31.3 Å². The van der Waals surface area contributed by atoms with Gasteiger partial charge in [0.25, 0.3) is 0 Å². The first-order valence-corrected chi connectivity index (χ1v) is 6.90. The van der Waals surface area contributed by atoms with Crippen LogP contribution in [0.15, 0.2) is 11.6 Å². The summed E-state index contributed by atoms with van der Waals surface area (Å²) in [4.78, 5) is 0. The van der Waals surface area contributed by atoms with Gasteiger partial charge in [-0.1, -0.05) is 37.3 Å². The van der Waals surface area contributed by atoms with Gasteiger partial charge < -0.3 is 4.74 Å². The van der Waals surface area contributed by atoms with Gasteiger partial charge in [-0.25, -0.2) is 0 Å². The van der Waals surface area contributed by atoms with Crippen molar-refractivity contribution < 1.29 is 4.74 Å². The average Bonchev–Trinajstić information content (AvgIpc) is 2.52. The number of nitrogens with two attached hydrogens (primary N) is 1. The predicted molar refractivity (Wildman–Crippen MR) is 72.6 cm³/mol. The summed E-state index contributed by atoms with van der Waals surface area (Å²) in [6, 6.07) is 0.130. The molecule has 1 aliphatic carbocycles. The fourth-order valence-electron chi connectivity index (χ4n) is 2.84. The van der Waals surface area contributed by atoms with Crippen molar-refractivity contribution in [1.82, 2.24) is 5.43 Å². The van der Waals surface area contributed by atoms with Crippen LogP contribution in [0.25, 0.3) is 0 Å². The van der Waals surface area contributed by atoms with Crippen molar-refractivity contribution in [1.29, 1.82) is 0 Å². The van der Waals surface area contributed by atoms with Crippen molar-refractivity contribution >= 4 is 0 Å². The predicted octanol–water partition coefficient (Wildman–Crippen LogP) is 2.91. The zero-order valence-corrected chi connectivity index (χ0v) is 11.6. The monoisotopic (exact) mass is 240 g/mol. The van der Waals surface area contributed by atoms with Crippen LogP contribution in [-0.4, -0.2) is 18.2 Å². The van der Waals surface area contributed by atoms with Crippen molar-refractivity contribution in [3.63, 3.8) is 0 Å². The summed E-state index contributed by atoms with van der Waals surface area (Å²) >= 11 is 0. The highest BCUT2D eigenvalue weighted by molar-refractivity contribution is 5.09. The lowest BCUT2D eigenvalue weighted by Crippen LogP contribution is -2.54. The maximum atomic E-state index is 6.12. The number of hydrogen-bond acceptors (Lipinski definition) is 3. The minimum absolute atomic E-state index is 0.0999. The van der Waals surface area contributed by atoms with E-state index in [4.69, 9.17) is 10.6 Å². The molecular formula is C14H28N2O. The van der Waals surface area contributed by atoms with Gasteiger partial charge in [0.05, 0.1) is 11.6 Å². The largest absolute Gasteiger partial charge is 0.373 e. The van der Waals surface area contributed by atoms with E-state index in [2.05, 4.69) is 32.3 Å². The Morgan fingerprint density at radius 2 is 1.88 bits per heavy atom. The molecule has 0 spiro atoms. The topological polar surface area (TPSA) is 47.3 Å². The van der Waals surface area contributed by atoms with E-state index in [0.717, 1.165) is 19.4 Å². The zero-order chi connectivity index (χ0) is 12.7. The molecule has 1 fully saturated rings. The second kappa shape index (κ2) is 7.14. The Kier molecular flexibility index (Phi) is 6.17. The number of ether oxygens (including phenoxy) is 1. The molecule has 0 aromatic heterocycles. The quantitative estimate of drug-likeness (QED) is 0.336. The average molecular weight is 240 g/mol.